The number of benzene rings is 2. The average molecular weight is 356 g/mol. The van der Waals surface area contributed by atoms with E-state index < -0.39 is 18.1 Å². The van der Waals surface area contributed by atoms with Gasteiger partial charge in [0.05, 0.1) is 18.1 Å². The van der Waals surface area contributed by atoms with E-state index in [0.29, 0.717) is 11.3 Å². The molecule has 0 aromatic heterocycles. The molecule has 140 valence electrons. The van der Waals surface area contributed by atoms with Gasteiger partial charge in [-0.15, -0.1) is 0 Å². The number of aliphatic hydroxyl groups excluding tert-OH is 1. The minimum atomic E-state index is -0.810. The molecule has 0 aliphatic heterocycles. The highest BCUT2D eigenvalue weighted by molar-refractivity contribution is 5.79. The van der Waals surface area contributed by atoms with Crippen LogP contribution >= 0.6 is 0 Å². The van der Waals surface area contributed by atoms with Crippen molar-refractivity contribution in [2.24, 2.45) is 11.7 Å². The molecule has 1 amide bonds. The van der Waals surface area contributed by atoms with Crippen molar-refractivity contribution in [1.82, 2.24) is 5.32 Å². The summed E-state index contributed by atoms with van der Waals surface area (Å²) in [5, 5.41) is 13.1. The lowest BCUT2D eigenvalue weighted by molar-refractivity contribution is -0.125. The van der Waals surface area contributed by atoms with Crippen molar-refractivity contribution in [3.63, 3.8) is 0 Å². The average Bonchev–Trinajstić information content (AvgIpc) is 2.65. The van der Waals surface area contributed by atoms with Crippen LogP contribution in [0.2, 0.25) is 0 Å². The number of nitrogens with two attached hydrogens (primary N) is 1. The maximum Gasteiger partial charge on any atom is 0.224 e. The monoisotopic (exact) mass is 356 g/mol. The van der Waals surface area contributed by atoms with Crippen LogP contribution in [0, 0.1) is 5.92 Å². The van der Waals surface area contributed by atoms with Gasteiger partial charge in [-0.05, 0) is 37.1 Å². The standard InChI is InChI=1S/C21H28N2O3/c1-14(2)26-18-11-7-10-17(12-18)19(24)13-23-21(25)15(3)20(22)16-8-5-4-6-9-16/h4-12,14-15,19-20,24H,13,22H2,1-3H3,(H,23,25). The number of nitrogens with one attached hydrogen (secondary N) is 1. The number of hydrogen-bond acceptors (Lipinski definition) is 4. The lowest BCUT2D eigenvalue weighted by Crippen LogP contribution is -2.37. The zero-order chi connectivity index (χ0) is 19.1. The van der Waals surface area contributed by atoms with Crippen LogP contribution in [0.15, 0.2) is 54.6 Å². The minimum absolute atomic E-state index is 0.0578. The van der Waals surface area contributed by atoms with E-state index in [9.17, 15) is 9.90 Å². The van der Waals surface area contributed by atoms with Crippen LogP contribution in [0.25, 0.3) is 0 Å². The van der Waals surface area contributed by atoms with E-state index in [1.165, 1.54) is 0 Å². The largest absolute Gasteiger partial charge is 0.491 e. The Morgan fingerprint density at radius 2 is 1.73 bits per heavy atom. The van der Waals surface area contributed by atoms with Crippen molar-refractivity contribution in [1.29, 1.82) is 0 Å². The highest BCUT2D eigenvalue weighted by atomic mass is 16.5. The Bertz CT molecular complexity index is 703. The van der Waals surface area contributed by atoms with Crippen LogP contribution in [0.5, 0.6) is 5.75 Å². The second kappa shape index (κ2) is 9.36. The maximum absolute atomic E-state index is 12.4. The maximum atomic E-state index is 12.4. The van der Waals surface area contributed by atoms with Crippen molar-refractivity contribution < 1.29 is 14.6 Å². The first-order valence-electron chi connectivity index (χ1n) is 8.91. The van der Waals surface area contributed by atoms with Crippen molar-refractivity contribution in [3.05, 3.63) is 65.7 Å². The van der Waals surface area contributed by atoms with Crippen molar-refractivity contribution in [3.8, 4) is 5.75 Å². The lowest BCUT2D eigenvalue weighted by atomic mass is 9.94. The first-order chi connectivity index (χ1) is 12.4. The lowest BCUT2D eigenvalue weighted by Gasteiger charge is -2.21. The van der Waals surface area contributed by atoms with Gasteiger partial charge in [-0.1, -0.05) is 49.4 Å². The molecule has 0 saturated heterocycles. The molecule has 0 aliphatic carbocycles. The summed E-state index contributed by atoms with van der Waals surface area (Å²) in [7, 11) is 0. The van der Waals surface area contributed by atoms with E-state index in [1.54, 1.807) is 13.0 Å². The number of rotatable bonds is 8. The van der Waals surface area contributed by atoms with Crippen LogP contribution in [-0.2, 0) is 4.79 Å². The third-order valence-electron chi connectivity index (χ3n) is 4.22. The van der Waals surface area contributed by atoms with Gasteiger partial charge in [-0.25, -0.2) is 0 Å². The molecule has 0 aliphatic rings. The summed E-state index contributed by atoms with van der Waals surface area (Å²) in [5.41, 5.74) is 7.79. The fraction of sp³-hybridized carbons (Fsp3) is 0.381. The van der Waals surface area contributed by atoms with Gasteiger partial charge in [0.1, 0.15) is 5.75 Å². The molecule has 2 rings (SSSR count). The molecular weight excluding hydrogens is 328 g/mol. The fourth-order valence-corrected chi connectivity index (χ4v) is 2.67. The first-order valence-corrected chi connectivity index (χ1v) is 8.91. The van der Waals surface area contributed by atoms with Gasteiger partial charge < -0.3 is 20.9 Å². The molecule has 26 heavy (non-hydrogen) atoms. The smallest absolute Gasteiger partial charge is 0.224 e. The predicted octanol–water partition coefficient (Wildman–Crippen LogP) is 2.96. The molecule has 0 heterocycles. The molecule has 4 N–H and O–H groups in total. The Labute approximate surface area is 155 Å². The Balaban J connectivity index is 1.92. The molecule has 3 unspecified atom stereocenters. The van der Waals surface area contributed by atoms with Gasteiger partial charge >= 0.3 is 0 Å². The predicted molar refractivity (Wildman–Crippen MR) is 103 cm³/mol. The normalized spacial score (nSPS) is 14.5. The van der Waals surface area contributed by atoms with E-state index in [1.807, 2.05) is 62.4 Å². The van der Waals surface area contributed by atoms with Gasteiger partial charge in [0, 0.05) is 12.6 Å². The van der Waals surface area contributed by atoms with E-state index >= 15 is 0 Å². The van der Waals surface area contributed by atoms with E-state index in [2.05, 4.69) is 5.32 Å². The Hall–Kier alpha value is -2.37. The summed E-state index contributed by atoms with van der Waals surface area (Å²) in [6, 6.07) is 16.4. The van der Waals surface area contributed by atoms with Crippen molar-refractivity contribution in [2.45, 2.75) is 39.0 Å². The number of hydrogen-bond donors (Lipinski definition) is 3. The summed E-state index contributed by atoms with van der Waals surface area (Å²) in [6.45, 7) is 5.80. The molecular formula is C21H28N2O3. The Morgan fingerprint density at radius 1 is 1.08 bits per heavy atom. The second-order valence-corrected chi connectivity index (χ2v) is 6.73. The molecule has 5 nitrogen and oxygen atoms in total. The molecule has 0 fully saturated rings. The first kappa shape index (κ1) is 19.9. The van der Waals surface area contributed by atoms with Crippen LogP contribution in [-0.4, -0.2) is 23.7 Å². The second-order valence-electron chi connectivity index (χ2n) is 6.73. The summed E-state index contributed by atoms with van der Waals surface area (Å²) in [4.78, 5) is 12.4. The van der Waals surface area contributed by atoms with Gasteiger partial charge in [0.25, 0.3) is 0 Å². The zero-order valence-corrected chi connectivity index (χ0v) is 15.6. The summed E-state index contributed by atoms with van der Waals surface area (Å²) < 4.78 is 5.63. The minimum Gasteiger partial charge on any atom is -0.491 e. The molecule has 0 spiro atoms. The molecule has 2 aromatic rings. The van der Waals surface area contributed by atoms with Gasteiger partial charge in [-0.2, -0.15) is 0 Å². The highest BCUT2D eigenvalue weighted by Gasteiger charge is 2.22. The molecule has 0 radical (unpaired) electrons. The van der Waals surface area contributed by atoms with E-state index in [-0.39, 0.29) is 18.6 Å². The molecule has 2 aromatic carbocycles. The topological polar surface area (TPSA) is 84.6 Å². The zero-order valence-electron chi connectivity index (χ0n) is 15.6. The number of ether oxygens (including phenoxy) is 1. The van der Waals surface area contributed by atoms with Crippen LogP contribution in [0.4, 0.5) is 0 Å². The Kier molecular flexibility index (Phi) is 7.18. The van der Waals surface area contributed by atoms with Crippen LogP contribution in [0.3, 0.4) is 0 Å². The number of carbonyl (C=O) groups is 1. The quantitative estimate of drug-likeness (QED) is 0.679. The molecule has 5 heteroatoms. The van der Waals surface area contributed by atoms with Gasteiger partial charge in [0.2, 0.25) is 5.91 Å². The number of amides is 1. The van der Waals surface area contributed by atoms with Crippen LogP contribution < -0.4 is 15.8 Å². The molecule has 0 saturated carbocycles. The number of aliphatic hydroxyl groups is 1. The Morgan fingerprint density at radius 3 is 2.38 bits per heavy atom. The van der Waals surface area contributed by atoms with Crippen molar-refractivity contribution >= 4 is 5.91 Å². The fourth-order valence-electron chi connectivity index (χ4n) is 2.67. The summed E-state index contributed by atoms with van der Waals surface area (Å²) in [6.07, 6.45) is -0.753. The SMILES string of the molecule is CC(C)Oc1cccc(C(O)CNC(=O)C(C)C(N)c2ccccc2)c1. The third kappa shape index (κ3) is 5.58. The number of carbonyl (C=O) groups excluding carboxylic acids is 1. The molecule has 0 bridgehead atoms. The van der Waals surface area contributed by atoms with Gasteiger partial charge in [-0.3, -0.25) is 4.79 Å². The third-order valence-corrected chi connectivity index (χ3v) is 4.22. The van der Waals surface area contributed by atoms with Gasteiger partial charge in [0.15, 0.2) is 0 Å². The molecule has 3 atom stereocenters. The summed E-state index contributed by atoms with van der Waals surface area (Å²) in [5.74, 6) is 0.109. The highest BCUT2D eigenvalue weighted by Crippen LogP contribution is 2.21. The van der Waals surface area contributed by atoms with Crippen LogP contribution in [0.1, 0.15) is 44.0 Å². The van der Waals surface area contributed by atoms with E-state index in [0.717, 1.165) is 5.56 Å². The van der Waals surface area contributed by atoms with Crippen molar-refractivity contribution in [2.75, 3.05) is 6.54 Å². The van der Waals surface area contributed by atoms with E-state index in [4.69, 9.17) is 10.5 Å². The summed E-state index contributed by atoms with van der Waals surface area (Å²) >= 11 is 0.